The standard InChI is InChI=1S/C14H18N2S2/c1-16-6-8-17-9-12(16)13(15)11-4-2-3-10-5-7-18-14(10)11/h2-5,7,12-13H,6,8-9,15H2,1H3. The average Bonchev–Trinajstić information content (AvgIpc) is 2.86. The molecular formula is C14H18N2S2. The molecule has 0 bridgehead atoms. The van der Waals surface area contributed by atoms with Crippen LogP contribution in [0.4, 0.5) is 0 Å². The molecule has 2 unspecified atom stereocenters. The van der Waals surface area contributed by atoms with Gasteiger partial charge in [-0.15, -0.1) is 11.3 Å². The third-order valence-electron chi connectivity index (χ3n) is 3.73. The van der Waals surface area contributed by atoms with Gasteiger partial charge in [0.2, 0.25) is 0 Å². The predicted molar refractivity (Wildman–Crippen MR) is 82.5 cm³/mol. The summed E-state index contributed by atoms with van der Waals surface area (Å²) >= 11 is 3.82. The van der Waals surface area contributed by atoms with Crippen LogP contribution in [-0.2, 0) is 0 Å². The van der Waals surface area contributed by atoms with Gasteiger partial charge in [-0.25, -0.2) is 0 Å². The molecule has 2 heterocycles. The smallest absolute Gasteiger partial charge is 0.0475 e. The topological polar surface area (TPSA) is 29.3 Å². The van der Waals surface area contributed by atoms with Crippen LogP contribution in [0.25, 0.3) is 10.1 Å². The Bertz CT molecular complexity index is 537. The van der Waals surface area contributed by atoms with Crippen molar-refractivity contribution in [2.75, 3.05) is 25.1 Å². The maximum atomic E-state index is 6.54. The monoisotopic (exact) mass is 278 g/mol. The quantitative estimate of drug-likeness (QED) is 0.916. The van der Waals surface area contributed by atoms with Crippen molar-refractivity contribution < 1.29 is 0 Å². The van der Waals surface area contributed by atoms with Gasteiger partial charge < -0.3 is 5.73 Å². The Hall–Kier alpha value is -0.550. The molecule has 2 aromatic rings. The number of hydrogen-bond acceptors (Lipinski definition) is 4. The van der Waals surface area contributed by atoms with Crippen LogP contribution in [0.2, 0.25) is 0 Å². The van der Waals surface area contributed by atoms with Crippen LogP contribution in [0.15, 0.2) is 29.6 Å². The lowest BCUT2D eigenvalue weighted by Gasteiger charge is -2.36. The molecule has 4 heteroatoms. The van der Waals surface area contributed by atoms with Crippen LogP contribution in [0, 0.1) is 0 Å². The summed E-state index contributed by atoms with van der Waals surface area (Å²) in [6.07, 6.45) is 0. The van der Waals surface area contributed by atoms with Crippen molar-refractivity contribution >= 4 is 33.2 Å². The SMILES string of the molecule is CN1CCSCC1C(N)c1cccc2ccsc12. The van der Waals surface area contributed by atoms with Crippen LogP contribution >= 0.6 is 23.1 Å². The molecule has 1 aromatic heterocycles. The Morgan fingerprint density at radius 3 is 3.11 bits per heavy atom. The molecule has 0 saturated carbocycles. The molecule has 3 rings (SSSR count). The molecular weight excluding hydrogens is 260 g/mol. The number of thiophene rings is 1. The molecule has 2 nitrogen and oxygen atoms in total. The summed E-state index contributed by atoms with van der Waals surface area (Å²) in [5.74, 6) is 2.36. The minimum absolute atomic E-state index is 0.116. The second kappa shape index (κ2) is 5.21. The fourth-order valence-electron chi connectivity index (χ4n) is 2.57. The molecule has 1 aliphatic rings. The van der Waals surface area contributed by atoms with E-state index in [0.717, 1.165) is 12.3 Å². The highest BCUT2D eigenvalue weighted by atomic mass is 32.2. The molecule has 2 atom stereocenters. The summed E-state index contributed by atoms with van der Waals surface area (Å²) in [5.41, 5.74) is 7.84. The highest BCUT2D eigenvalue weighted by molar-refractivity contribution is 7.99. The number of hydrogen-bond donors (Lipinski definition) is 1. The van der Waals surface area contributed by atoms with Crippen LogP contribution < -0.4 is 5.73 Å². The zero-order valence-electron chi connectivity index (χ0n) is 10.5. The number of thioether (sulfide) groups is 1. The van der Waals surface area contributed by atoms with E-state index in [1.165, 1.54) is 21.4 Å². The van der Waals surface area contributed by atoms with Crippen molar-refractivity contribution in [1.82, 2.24) is 4.90 Å². The van der Waals surface area contributed by atoms with Crippen molar-refractivity contribution in [1.29, 1.82) is 0 Å². The van der Waals surface area contributed by atoms with Crippen molar-refractivity contribution in [3.63, 3.8) is 0 Å². The normalized spacial score (nSPS) is 23.3. The molecule has 1 saturated heterocycles. The molecule has 1 aromatic carbocycles. The Balaban J connectivity index is 1.95. The highest BCUT2D eigenvalue weighted by Crippen LogP contribution is 2.32. The number of rotatable bonds is 2. The van der Waals surface area contributed by atoms with Gasteiger partial charge in [-0.1, -0.05) is 18.2 Å². The molecule has 18 heavy (non-hydrogen) atoms. The number of benzene rings is 1. The molecule has 0 aliphatic carbocycles. The van der Waals surface area contributed by atoms with E-state index in [4.69, 9.17) is 5.73 Å². The van der Waals surface area contributed by atoms with Gasteiger partial charge in [-0.3, -0.25) is 4.90 Å². The average molecular weight is 278 g/mol. The zero-order valence-corrected chi connectivity index (χ0v) is 12.1. The minimum Gasteiger partial charge on any atom is -0.323 e. The first-order valence-electron chi connectivity index (χ1n) is 6.27. The van der Waals surface area contributed by atoms with Gasteiger partial charge in [0.1, 0.15) is 0 Å². The molecule has 2 N–H and O–H groups in total. The van der Waals surface area contributed by atoms with Gasteiger partial charge in [0, 0.05) is 34.8 Å². The summed E-state index contributed by atoms with van der Waals surface area (Å²) in [7, 11) is 2.19. The number of fused-ring (bicyclic) bond motifs is 1. The maximum absolute atomic E-state index is 6.54. The van der Waals surface area contributed by atoms with E-state index in [1.807, 2.05) is 11.8 Å². The summed E-state index contributed by atoms with van der Waals surface area (Å²) in [5, 5.41) is 3.47. The first kappa shape index (κ1) is 12.5. The predicted octanol–water partition coefficient (Wildman–Crippen LogP) is 2.95. The lowest BCUT2D eigenvalue weighted by molar-refractivity contribution is 0.238. The second-order valence-corrected chi connectivity index (χ2v) is 6.90. The summed E-state index contributed by atoms with van der Waals surface area (Å²) < 4.78 is 1.36. The number of nitrogens with zero attached hydrogens (tertiary/aromatic N) is 1. The molecule has 96 valence electrons. The van der Waals surface area contributed by atoms with Gasteiger partial charge in [0.25, 0.3) is 0 Å². The second-order valence-electron chi connectivity index (χ2n) is 4.83. The van der Waals surface area contributed by atoms with Crippen LogP contribution in [0.1, 0.15) is 11.6 Å². The largest absolute Gasteiger partial charge is 0.323 e. The van der Waals surface area contributed by atoms with E-state index in [2.05, 4.69) is 41.6 Å². The van der Waals surface area contributed by atoms with E-state index in [-0.39, 0.29) is 6.04 Å². The van der Waals surface area contributed by atoms with Gasteiger partial charge in [-0.05, 0) is 29.4 Å². The van der Waals surface area contributed by atoms with Gasteiger partial charge in [0.15, 0.2) is 0 Å². The van der Waals surface area contributed by atoms with Crippen molar-refractivity contribution in [2.45, 2.75) is 12.1 Å². The van der Waals surface area contributed by atoms with Crippen molar-refractivity contribution in [3.05, 3.63) is 35.2 Å². The van der Waals surface area contributed by atoms with E-state index in [1.54, 1.807) is 11.3 Å². The van der Waals surface area contributed by atoms with Crippen molar-refractivity contribution in [2.24, 2.45) is 5.73 Å². The van der Waals surface area contributed by atoms with E-state index < -0.39 is 0 Å². The molecule has 0 radical (unpaired) electrons. The summed E-state index contributed by atoms with van der Waals surface area (Å²) in [6.45, 7) is 1.14. The molecule has 1 aliphatic heterocycles. The third kappa shape index (κ3) is 2.18. The zero-order chi connectivity index (χ0) is 12.5. The fourth-order valence-corrected chi connectivity index (χ4v) is 4.82. The maximum Gasteiger partial charge on any atom is 0.0475 e. The van der Waals surface area contributed by atoms with Crippen LogP contribution in [-0.4, -0.2) is 36.0 Å². The van der Waals surface area contributed by atoms with Gasteiger partial charge in [0.05, 0.1) is 0 Å². The number of nitrogens with two attached hydrogens (primary N) is 1. The first-order chi connectivity index (χ1) is 8.77. The molecule has 0 amide bonds. The first-order valence-corrected chi connectivity index (χ1v) is 8.30. The van der Waals surface area contributed by atoms with E-state index in [0.29, 0.717) is 6.04 Å². The number of likely N-dealkylation sites (N-methyl/N-ethyl adjacent to an activating group) is 1. The molecule has 1 fully saturated rings. The van der Waals surface area contributed by atoms with E-state index in [9.17, 15) is 0 Å². The highest BCUT2D eigenvalue weighted by Gasteiger charge is 2.27. The third-order valence-corrected chi connectivity index (χ3v) is 5.75. The Morgan fingerprint density at radius 1 is 1.39 bits per heavy atom. The molecule has 0 spiro atoms. The van der Waals surface area contributed by atoms with Gasteiger partial charge in [-0.2, -0.15) is 11.8 Å². The summed E-state index contributed by atoms with van der Waals surface area (Å²) in [6, 6.07) is 9.23. The van der Waals surface area contributed by atoms with Crippen LogP contribution in [0.3, 0.4) is 0 Å². The summed E-state index contributed by atoms with van der Waals surface area (Å²) in [4.78, 5) is 2.41. The van der Waals surface area contributed by atoms with E-state index >= 15 is 0 Å². The fraction of sp³-hybridized carbons (Fsp3) is 0.429. The van der Waals surface area contributed by atoms with Crippen LogP contribution in [0.5, 0.6) is 0 Å². The Labute approximate surface area is 116 Å². The minimum atomic E-state index is 0.116. The van der Waals surface area contributed by atoms with Crippen molar-refractivity contribution in [3.8, 4) is 0 Å². The lowest BCUT2D eigenvalue weighted by atomic mass is 9.99. The Kier molecular flexibility index (Phi) is 3.61. The lowest BCUT2D eigenvalue weighted by Crippen LogP contribution is -2.46. The van der Waals surface area contributed by atoms with Gasteiger partial charge >= 0.3 is 0 Å². The Morgan fingerprint density at radius 2 is 2.28 bits per heavy atom.